The van der Waals surface area contributed by atoms with Crippen molar-refractivity contribution in [1.29, 1.82) is 0 Å². The highest BCUT2D eigenvalue weighted by molar-refractivity contribution is 5.82. The molecule has 0 fully saturated rings. The molecule has 0 aliphatic carbocycles. The fourth-order valence-corrected chi connectivity index (χ4v) is 1.64. The SMILES string of the molecule is Cn1c(=O)cc(C(F)F)c2cc(F)ccc21. The monoisotopic (exact) mass is 227 g/mol. The molecule has 0 aliphatic rings. The molecular formula is C11H8F3NO. The predicted octanol–water partition coefficient (Wildman–Crippen LogP) is 2.62. The summed E-state index contributed by atoms with van der Waals surface area (Å²) in [6.07, 6.45) is -2.79. The van der Waals surface area contributed by atoms with Crippen LogP contribution < -0.4 is 5.56 Å². The molecule has 2 rings (SSSR count). The third-order valence-corrected chi connectivity index (χ3v) is 2.48. The maximum atomic E-state index is 13.0. The van der Waals surface area contributed by atoms with Gasteiger partial charge in [-0.25, -0.2) is 13.2 Å². The van der Waals surface area contributed by atoms with Crippen LogP contribution in [0.3, 0.4) is 0 Å². The Morgan fingerprint density at radius 2 is 1.94 bits per heavy atom. The molecule has 0 bridgehead atoms. The van der Waals surface area contributed by atoms with Crippen molar-refractivity contribution in [2.45, 2.75) is 6.43 Å². The molecule has 0 saturated heterocycles. The highest BCUT2D eigenvalue weighted by Gasteiger charge is 2.15. The van der Waals surface area contributed by atoms with Crippen molar-refractivity contribution in [3.8, 4) is 0 Å². The molecule has 1 heterocycles. The molecule has 0 N–H and O–H groups in total. The fraction of sp³-hybridized carbons (Fsp3) is 0.182. The van der Waals surface area contributed by atoms with Crippen LogP contribution in [-0.4, -0.2) is 4.57 Å². The molecule has 0 spiro atoms. The molecular weight excluding hydrogens is 219 g/mol. The number of benzene rings is 1. The molecule has 0 atom stereocenters. The minimum absolute atomic E-state index is 0.0668. The van der Waals surface area contributed by atoms with Crippen molar-refractivity contribution in [2.24, 2.45) is 7.05 Å². The van der Waals surface area contributed by atoms with Gasteiger partial charge in [0.15, 0.2) is 0 Å². The lowest BCUT2D eigenvalue weighted by atomic mass is 10.1. The summed E-state index contributed by atoms with van der Waals surface area (Å²) in [6.45, 7) is 0. The van der Waals surface area contributed by atoms with Gasteiger partial charge in [-0.1, -0.05) is 0 Å². The first-order valence-electron chi connectivity index (χ1n) is 4.58. The molecule has 1 aromatic carbocycles. The first-order valence-corrected chi connectivity index (χ1v) is 4.58. The second-order valence-corrected chi connectivity index (χ2v) is 3.46. The van der Waals surface area contributed by atoms with E-state index >= 15 is 0 Å². The van der Waals surface area contributed by atoms with Crippen LogP contribution in [0.2, 0.25) is 0 Å². The maximum absolute atomic E-state index is 13.0. The summed E-state index contributed by atoms with van der Waals surface area (Å²) in [6, 6.07) is 4.30. The zero-order valence-electron chi connectivity index (χ0n) is 8.38. The van der Waals surface area contributed by atoms with Crippen molar-refractivity contribution < 1.29 is 13.2 Å². The van der Waals surface area contributed by atoms with Gasteiger partial charge in [0.05, 0.1) is 5.52 Å². The number of rotatable bonds is 1. The number of halogens is 3. The van der Waals surface area contributed by atoms with E-state index in [0.717, 1.165) is 18.2 Å². The minimum atomic E-state index is -2.79. The smallest absolute Gasteiger partial charge is 0.264 e. The van der Waals surface area contributed by atoms with Gasteiger partial charge in [0.25, 0.3) is 12.0 Å². The van der Waals surface area contributed by atoms with Gasteiger partial charge in [-0.3, -0.25) is 4.79 Å². The Bertz CT molecular complexity index is 604. The Hall–Kier alpha value is -1.78. The molecule has 16 heavy (non-hydrogen) atoms. The number of aryl methyl sites for hydroxylation is 1. The first-order chi connectivity index (χ1) is 7.50. The summed E-state index contributed by atoms with van der Waals surface area (Å²) < 4.78 is 39.5. The van der Waals surface area contributed by atoms with Crippen LogP contribution in [0.15, 0.2) is 29.1 Å². The zero-order valence-corrected chi connectivity index (χ0v) is 8.38. The van der Waals surface area contributed by atoms with Gasteiger partial charge in [0.1, 0.15) is 5.82 Å². The average molecular weight is 227 g/mol. The molecule has 2 nitrogen and oxygen atoms in total. The number of alkyl halides is 2. The summed E-state index contributed by atoms with van der Waals surface area (Å²) >= 11 is 0. The summed E-state index contributed by atoms with van der Waals surface area (Å²) in [5.74, 6) is -0.604. The molecule has 0 saturated carbocycles. The van der Waals surface area contributed by atoms with Crippen LogP contribution in [0.4, 0.5) is 13.2 Å². The van der Waals surface area contributed by atoms with Crippen LogP contribution >= 0.6 is 0 Å². The third-order valence-electron chi connectivity index (χ3n) is 2.48. The summed E-state index contributed by atoms with van der Waals surface area (Å²) in [4.78, 5) is 11.4. The van der Waals surface area contributed by atoms with Crippen molar-refractivity contribution in [1.82, 2.24) is 4.57 Å². The lowest BCUT2D eigenvalue weighted by Gasteiger charge is -2.09. The first kappa shape index (κ1) is 10.7. The lowest BCUT2D eigenvalue weighted by molar-refractivity contribution is 0.153. The van der Waals surface area contributed by atoms with E-state index in [-0.39, 0.29) is 5.39 Å². The van der Waals surface area contributed by atoms with E-state index in [1.54, 1.807) is 0 Å². The highest BCUT2D eigenvalue weighted by Crippen LogP contribution is 2.26. The maximum Gasteiger partial charge on any atom is 0.264 e. The van der Waals surface area contributed by atoms with Gasteiger partial charge in [-0.05, 0) is 18.2 Å². The van der Waals surface area contributed by atoms with Gasteiger partial charge < -0.3 is 4.57 Å². The normalized spacial score (nSPS) is 11.3. The van der Waals surface area contributed by atoms with E-state index in [0.29, 0.717) is 5.52 Å². The van der Waals surface area contributed by atoms with E-state index in [9.17, 15) is 18.0 Å². The Morgan fingerprint density at radius 3 is 2.56 bits per heavy atom. The number of aromatic nitrogens is 1. The lowest BCUT2D eigenvalue weighted by Crippen LogP contribution is -2.17. The third kappa shape index (κ3) is 1.58. The van der Waals surface area contributed by atoms with Gasteiger partial charge in [0, 0.05) is 24.1 Å². The Balaban J connectivity index is 2.96. The Morgan fingerprint density at radius 1 is 1.25 bits per heavy atom. The number of pyridine rings is 1. The number of hydrogen-bond donors (Lipinski definition) is 0. The summed E-state index contributed by atoms with van der Waals surface area (Å²) in [5.41, 5.74) is -0.670. The molecule has 84 valence electrons. The number of nitrogens with zero attached hydrogens (tertiary/aromatic N) is 1. The Kier molecular flexibility index (Phi) is 2.46. The second-order valence-electron chi connectivity index (χ2n) is 3.46. The zero-order chi connectivity index (χ0) is 11.9. The van der Waals surface area contributed by atoms with E-state index in [2.05, 4.69) is 0 Å². The average Bonchev–Trinajstić information content (AvgIpc) is 2.22. The van der Waals surface area contributed by atoms with Crippen LogP contribution in [0.25, 0.3) is 10.9 Å². The summed E-state index contributed by atoms with van der Waals surface area (Å²) in [7, 11) is 1.46. The van der Waals surface area contributed by atoms with Gasteiger partial charge >= 0.3 is 0 Å². The summed E-state index contributed by atoms with van der Waals surface area (Å²) in [5, 5.41) is 0.0668. The largest absolute Gasteiger partial charge is 0.311 e. The molecule has 1 aromatic heterocycles. The van der Waals surface area contributed by atoms with E-state index in [4.69, 9.17) is 0 Å². The van der Waals surface area contributed by atoms with Crippen LogP contribution in [0.1, 0.15) is 12.0 Å². The van der Waals surface area contributed by atoms with E-state index < -0.39 is 23.4 Å². The minimum Gasteiger partial charge on any atom is -0.311 e. The quantitative estimate of drug-likeness (QED) is 0.734. The topological polar surface area (TPSA) is 22.0 Å². The van der Waals surface area contributed by atoms with Gasteiger partial charge in [0.2, 0.25) is 0 Å². The van der Waals surface area contributed by atoms with Crippen molar-refractivity contribution in [3.05, 3.63) is 46.0 Å². The van der Waals surface area contributed by atoms with Gasteiger partial charge in [-0.15, -0.1) is 0 Å². The standard InChI is InChI=1S/C11H8F3NO/c1-15-9-3-2-6(12)4-7(9)8(11(13)14)5-10(15)16/h2-5,11H,1H3. The Labute approximate surface area is 88.9 Å². The molecule has 0 unspecified atom stereocenters. The predicted molar refractivity (Wildman–Crippen MR) is 54.1 cm³/mol. The molecule has 0 amide bonds. The van der Waals surface area contributed by atoms with Crippen molar-refractivity contribution in [3.63, 3.8) is 0 Å². The van der Waals surface area contributed by atoms with Crippen molar-refractivity contribution in [2.75, 3.05) is 0 Å². The number of fused-ring (bicyclic) bond motifs is 1. The van der Waals surface area contributed by atoms with Crippen LogP contribution in [0.5, 0.6) is 0 Å². The van der Waals surface area contributed by atoms with E-state index in [1.807, 2.05) is 0 Å². The van der Waals surface area contributed by atoms with Crippen LogP contribution in [-0.2, 0) is 7.05 Å². The molecule has 5 heteroatoms. The second kappa shape index (κ2) is 3.66. The molecule has 2 aromatic rings. The fourth-order valence-electron chi connectivity index (χ4n) is 1.64. The molecule has 0 radical (unpaired) electrons. The number of hydrogen-bond acceptors (Lipinski definition) is 1. The van der Waals surface area contributed by atoms with Crippen LogP contribution in [0, 0.1) is 5.82 Å². The van der Waals surface area contributed by atoms with Gasteiger partial charge in [-0.2, -0.15) is 0 Å². The molecule has 0 aliphatic heterocycles. The highest BCUT2D eigenvalue weighted by atomic mass is 19.3. The van der Waals surface area contributed by atoms with Crippen molar-refractivity contribution >= 4 is 10.9 Å². The van der Waals surface area contributed by atoms with E-state index in [1.165, 1.54) is 17.7 Å².